The minimum Gasteiger partial charge on any atom is -0.491 e. The molecule has 1 N–H and O–H groups in total. The summed E-state index contributed by atoms with van der Waals surface area (Å²) >= 11 is 0. The molecule has 1 fully saturated rings. The van der Waals surface area contributed by atoms with Gasteiger partial charge in [-0.05, 0) is 37.6 Å². The summed E-state index contributed by atoms with van der Waals surface area (Å²) in [5.41, 5.74) is 1.13. The molecule has 4 nitrogen and oxygen atoms in total. The molecule has 0 aromatic heterocycles. The van der Waals surface area contributed by atoms with Crippen LogP contribution in [0.4, 0.5) is 4.39 Å². The van der Waals surface area contributed by atoms with Crippen LogP contribution < -0.4 is 4.74 Å². The van der Waals surface area contributed by atoms with E-state index in [4.69, 9.17) is 9.47 Å². The quantitative estimate of drug-likeness (QED) is 0.711. The van der Waals surface area contributed by atoms with Crippen molar-refractivity contribution in [3.63, 3.8) is 0 Å². The number of hydrogen-bond acceptors (Lipinski definition) is 4. The Kier molecular flexibility index (Phi) is 8.50. The van der Waals surface area contributed by atoms with Crippen LogP contribution in [0.15, 0.2) is 24.3 Å². The lowest BCUT2D eigenvalue weighted by molar-refractivity contribution is -0.0319. The molecule has 0 bridgehead atoms. The van der Waals surface area contributed by atoms with Gasteiger partial charge in [0.25, 0.3) is 0 Å². The second-order valence-electron chi connectivity index (χ2n) is 6.63. The molecule has 0 heterocycles. The first-order chi connectivity index (χ1) is 11.7. The molecule has 5 heteroatoms. The Bertz CT molecular complexity index is 448. The Morgan fingerprint density at radius 3 is 2.58 bits per heavy atom. The molecular weight excluding hydrogens is 309 g/mol. The molecule has 1 atom stereocenters. The van der Waals surface area contributed by atoms with Crippen LogP contribution in [0.1, 0.15) is 37.7 Å². The first-order valence-electron chi connectivity index (χ1n) is 8.93. The zero-order valence-electron chi connectivity index (χ0n) is 14.6. The van der Waals surface area contributed by atoms with Gasteiger partial charge in [0, 0.05) is 13.1 Å². The van der Waals surface area contributed by atoms with Gasteiger partial charge in [-0.25, -0.2) is 4.39 Å². The maximum absolute atomic E-state index is 12.1. The van der Waals surface area contributed by atoms with Gasteiger partial charge in [0.2, 0.25) is 0 Å². The smallest absolute Gasteiger partial charge is 0.123 e. The van der Waals surface area contributed by atoms with Gasteiger partial charge in [-0.1, -0.05) is 31.4 Å². The highest BCUT2D eigenvalue weighted by Gasteiger charge is 2.16. The molecule has 1 saturated carbocycles. The highest BCUT2D eigenvalue weighted by Crippen LogP contribution is 2.20. The fourth-order valence-corrected chi connectivity index (χ4v) is 3.12. The second-order valence-corrected chi connectivity index (χ2v) is 6.63. The average Bonchev–Trinajstić information content (AvgIpc) is 2.60. The average molecular weight is 339 g/mol. The lowest BCUT2D eigenvalue weighted by Crippen LogP contribution is -2.33. The van der Waals surface area contributed by atoms with E-state index in [0.717, 1.165) is 24.9 Å². The van der Waals surface area contributed by atoms with Gasteiger partial charge < -0.3 is 14.6 Å². The number of rotatable bonds is 10. The Morgan fingerprint density at radius 1 is 1.21 bits per heavy atom. The van der Waals surface area contributed by atoms with Crippen molar-refractivity contribution in [1.29, 1.82) is 0 Å². The number of nitrogens with zero attached hydrogens (tertiary/aromatic N) is 1. The van der Waals surface area contributed by atoms with E-state index >= 15 is 0 Å². The van der Waals surface area contributed by atoms with E-state index in [9.17, 15) is 9.50 Å². The number of aliphatic hydroxyl groups is 1. The van der Waals surface area contributed by atoms with Gasteiger partial charge in [-0.3, -0.25) is 4.90 Å². The number of alkyl halides is 1. The summed E-state index contributed by atoms with van der Waals surface area (Å²) in [7, 11) is 1.98. The molecule has 1 aliphatic carbocycles. The third-order valence-corrected chi connectivity index (χ3v) is 4.32. The Morgan fingerprint density at radius 2 is 1.92 bits per heavy atom. The van der Waals surface area contributed by atoms with Crippen LogP contribution in [0, 0.1) is 0 Å². The van der Waals surface area contributed by atoms with E-state index in [2.05, 4.69) is 4.90 Å². The van der Waals surface area contributed by atoms with Crippen molar-refractivity contribution in [3.8, 4) is 5.75 Å². The predicted molar refractivity (Wildman–Crippen MR) is 93.1 cm³/mol. The lowest BCUT2D eigenvalue weighted by atomic mass is 9.98. The molecule has 0 spiro atoms. The minimum atomic E-state index is -0.481. The number of aliphatic hydroxyl groups excluding tert-OH is 1. The molecule has 0 amide bonds. The van der Waals surface area contributed by atoms with E-state index in [0.29, 0.717) is 25.0 Å². The summed E-state index contributed by atoms with van der Waals surface area (Å²) in [4.78, 5) is 2.08. The van der Waals surface area contributed by atoms with Crippen molar-refractivity contribution >= 4 is 0 Å². The molecule has 1 aromatic carbocycles. The van der Waals surface area contributed by atoms with Gasteiger partial charge in [0.05, 0.1) is 18.8 Å². The van der Waals surface area contributed by atoms with Crippen LogP contribution in [0.25, 0.3) is 0 Å². The van der Waals surface area contributed by atoms with Crippen molar-refractivity contribution in [2.24, 2.45) is 0 Å². The first-order valence-corrected chi connectivity index (χ1v) is 8.93. The molecule has 1 aromatic rings. The molecule has 1 aliphatic rings. The Balaban J connectivity index is 1.66. The van der Waals surface area contributed by atoms with E-state index < -0.39 is 12.8 Å². The van der Waals surface area contributed by atoms with Crippen molar-refractivity contribution in [1.82, 2.24) is 4.90 Å². The highest BCUT2D eigenvalue weighted by atomic mass is 19.1. The van der Waals surface area contributed by atoms with E-state index in [1.54, 1.807) is 0 Å². The summed E-state index contributed by atoms with van der Waals surface area (Å²) in [6, 6.07) is 7.63. The van der Waals surface area contributed by atoms with E-state index in [1.807, 2.05) is 31.3 Å². The lowest BCUT2D eigenvalue weighted by Gasteiger charge is -2.25. The second kappa shape index (κ2) is 10.6. The summed E-state index contributed by atoms with van der Waals surface area (Å²) in [6.07, 6.45) is 5.90. The van der Waals surface area contributed by atoms with Gasteiger partial charge in [-0.2, -0.15) is 0 Å². The maximum atomic E-state index is 12.1. The molecule has 0 unspecified atom stereocenters. The fourth-order valence-electron chi connectivity index (χ4n) is 3.12. The van der Waals surface area contributed by atoms with Crippen molar-refractivity contribution < 1.29 is 19.0 Å². The van der Waals surface area contributed by atoms with Crippen molar-refractivity contribution in [2.45, 2.75) is 50.9 Å². The largest absolute Gasteiger partial charge is 0.491 e. The third-order valence-electron chi connectivity index (χ3n) is 4.32. The normalized spacial score (nSPS) is 17.2. The predicted octanol–water partition coefficient (Wildman–Crippen LogP) is 3.18. The van der Waals surface area contributed by atoms with Gasteiger partial charge in [-0.15, -0.1) is 0 Å². The molecule has 2 rings (SSSR count). The minimum absolute atomic E-state index is 0.0897. The van der Waals surface area contributed by atoms with Crippen LogP contribution >= 0.6 is 0 Å². The molecule has 0 radical (unpaired) electrons. The van der Waals surface area contributed by atoms with E-state index in [-0.39, 0.29) is 6.61 Å². The van der Waals surface area contributed by atoms with Gasteiger partial charge >= 0.3 is 0 Å². The third kappa shape index (κ3) is 7.16. The monoisotopic (exact) mass is 339 g/mol. The van der Waals surface area contributed by atoms with Gasteiger partial charge in [0.15, 0.2) is 0 Å². The molecule has 24 heavy (non-hydrogen) atoms. The zero-order valence-corrected chi connectivity index (χ0v) is 14.6. The van der Waals surface area contributed by atoms with Crippen LogP contribution in [0.5, 0.6) is 5.75 Å². The van der Waals surface area contributed by atoms with Crippen LogP contribution in [-0.2, 0) is 11.3 Å². The van der Waals surface area contributed by atoms with Crippen LogP contribution in [0.3, 0.4) is 0 Å². The fraction of sp³-hybridized carbons (Fsp3) is 0.684. The molecule has 0 saturated heterocycles. The van der Waals surface area contributed by atoms with Gasteiger partial charge in [0.1, 0.15) is 19.0 Å². The Hall–Kier alpha value is -1.17. The summed E-state index contributed by atoms with van der Waals surface area (Å²) in [6.45, 7) is 1.33. The Labute approximate surface area is 144 Å². The highest BCUT2D eigenvalue weighted by molar-refractivity contribution is 5.27. The first kappa shape index (κ1) is 19.2. The maximum Gasteiger partial charge on any atom is 0.123 e. The van der Waals surface area contributed by atoms with Crippen molar-refractivity contribution in [2.75, 3.05) is 33.5 Å². The molecular formula is C19H30FNO3. The number of halogens is 1. The van der Waals surface area contributed by atoms with Crippen LogP contribution in [0.2, 0.25) is 0 Å². The number of benzene rings is 1. The summed E-state index contributed by atoms with van der Waals surface area (Å²) in [5.74, 6) is 0.681. The number of hydrogen-bond donors (Lipinski definition) is 1. The standard InChI is InChI=1S/C19H30FNO3/c1-21(13-16-7-9-19(10-8-16)23-12-11-20)14-17(22)15-24-18-5-3-2-4-6-18/h7-10,17-18,22H,2-6,11-15H2,1H3/t17-/m1/s1. The van der Waals surface area contributed by atoms with Crippen molar-refractivity contribution in [3.05, 3.63) is 29.8 Å². The van der Waals surface area contributed by atoms with E-state index in [1.165, 1.54) is 19.3 Å². The number of likely N-dealkylation sites (N-methyl/N-ethyl adjacent to an activating group) is 1. The zero-order chi connectivity index (χ0) is 17.2. The number of ether oxygens (including phenoxy) is 2. The summed E-state index contributed by atoms with van der Waals surface area (Å²) in [5, 5.41) is 10.1. The van der Waals surface area contributed by atoms with Crippen LogP contribution in [-0.4, -0.2) is 55.7 Å². The SMILES string of the molecule is CN(Cc1ccc(OCCF)cc1)C[C@@H](O)COC1CCCCC1. The molecule has 136 valence electrons. The summed E-state index contributed by atoms with van der Waals surface area (Å²) < 4.78 is 23.1. The topological polar surface area (TPSA) is 41.9 Å². The molecule has 0 aliphatic heterocycles.